The molecule has 0 spiro atoms. The van der Waals surface area contributed by atoms with Crippen molar-refractivity contribution in [1.29, 1.82) is 5.26 Å². The first-order chi connectivity index (χ1) is 5.92. The van der Waals surface area contributed by atoms with Crippen molar-refractivity contribution in [2.24, 2.45) is 11.1 Å². The molecule has 1 aliphatic carbocycles. The van der Waals surface area contributed by atoms with Crippen LogP contribution in [0.3, 0.4) is 0 Å². The molecule has 0 aromatic carbocycles. The standard InChI is InChI=1S/C9H12N2O/c10-6-8-7-4-2-1-3-5-9(7)12-11-8/h7,9H,1-5H2. The smallest absolute Gasteiger partial charge is 0.163 e. The lowest BCUT2D eigenvalue weighted by Crippen LogP contribution is -2.20. The highest BCUT2D eigenvalue weighted by Gasteiger charge is 2.34. The molecule has 1 saturated carbocycles. The van der Waals surface area contributed by atoms with Crippen LogP contribution in [0.5, 0.6) is 0 Å². The lowest BCUT2D eigenvalue weighted by molar-refractivity contribution is 0.0571. The number of hydrogen-bond acceptors (Lipinski definition) is 3. The van der Waals surface area contributed by atoms with E-state index in [0.717, 1.165) is 12.8 Å². The summed E-state index contributed by atoms with van der Waals surface area (Å²) < 4.78 is 0. The van der Waals surface area contributed by atoms with Gasteiger partial charge in [-0.2, -0.15) is 5.26 Å². The molecule has 2 atom stereocenters. The minimum atomic E-state index is 0.210. The molecule has 3 nitrogen and oxygen atoms in total. The molecule has 2 rings (SSSR count). The SMILES string of the molecule is N#CC1=NOC2CCCCCC12. The third-order valence-corrected chi connectivity index (χ3v) is 2.70. The van der Waals surface area contributed by atoms with E-state index in [1.807, 2.05) is 0 Å². The summed E-state index contributed by atoms with van der Waals surface area (Å²) in [5, 5.41) is 12.5. The number of oxime groups is 1. The van der Waals surface area contributed by atoms with Gasteiger partial charge < -0.3 is 4.84 Å². The van der Waals surface area contributed by atoms with Crippen molar-refractivity contribution in [2.45, 2.75) is 38.2 Å². The Labute approximate surface area is 72.0 Å². The van der Waals surface area contributed by atoms with Gasteiger partial charge in [0.15, 0.2) is 5.71 Å². The van der Waals surface area contributed by atoms with Crippen molar-refractivity contribution < 1.29 is 4.84 Å². The zero-order valence-electron chi connectivity index (χ0n) is 6.99. The summed E-state index contributed by atoms with van der Waals surface area (Å²) in [6, 6.07) is 2.12. The van der Waals surface area contributed by atoms with Crippen molar-refractivity contribution >= 4 is 5.71 Å². The molecule has 2 aliphatic rings. The normalized spacial score (nSPS) is 34.1. The van der Waals surface area contributed by atoms with E-state index in [-0.39, 0.29) is 6.10 Å². The van der Waals surface area contributed by atoms with E-state index >= 15 is 0 Å². The molecular formula is C9H12N2O. The van der Waals surface area contributed by atoms with Gasteiger partial charge in [-0.15, -0.1) is 0 Å². The Hall–Kier alpha value is -1.04. The van der Waals surface area contributed by atoms with Crippen LogP contribution in [0.25, 0.3) is 0 Å². The van der Waals surface area contributed by atoms with Crippen LogP contribution in [-0.4, -0.2) is 11.8 Å². The maximum atomic E-state index is 8.74. The van der Waals surface area contributed by atoms with E-state index in [1.54, 1.807) is 0 Å². The van der Waals surface area contributed by atoms with Crippen molar-refractivity contribution in [3.63, 3.8) is 0 Å². The van der Waals surface area contributed by atoms with Gasteiger partial charge >= 0.3 is 0 Å². The topological polar surface area (TPSA) is 45.4 Å². The Bertz CT molecular complexity index is 241. The lowest BCUT2D eigenvalue weighted by atomic mass is 9.94. The zero-order valence-corrected chi connectivity index (χ0v) is 6.99. The highest BCUT2D eigenvalue weighted by atomic mass is 16.6. The van der Waals surface area contributed by atoms with Crippen LogP contribution >= 0.6 is 0 Å². The van der Waals surface area contributed by atoms with E-state index in [9.17, 15) is 0 Å². The largest absolute Gasteiger partial charge is 0.391 e. The number of nitriles is 1. The number of nitrogens with zero attached hydrogens (tertiary/aromatic N) is 2. The fraction of sp³-hybridized carbons (Fsp3) is 0.778. The van der Waals surface area contributed by atoms with Gasteiger partial charge in [0.05, 0.1) is 5.92 Å². The summed E-state index contributed by atoms with van der Waals surface area (Å²) in [6.07, 6.45) is 6.06. The quantitative estimate of drug-likeness (QED) is 0.548. The van der Waals surface area contributed by atoms with Crippen molar-refractivity contribution in [3.05, 3.63) is 0 Å². The highest BCUT2D eigenvalue weighted by molar-refractivity contribution is 6.01. The summed E-state index contributed by atoms with van der Waals surface area (Å²) in [7, 11) is 0. The maximum Gasteiger partial charge on any atom is 0.163 e. The first-order valence-corrected chi connectivity index (χ1v) is 4.55. The molecule has 64 valence electrons. The van der Waals surface area contributed by atoms with Crippen molar-refractivity contribution in [3.8, 4) is 6.07 Å². The van der Waals surface area contributed by atoms with Gasteiger partial charge in [-0.05, 0) is 19.3 Å². The molecule has 12 heavy (non-hydrogen) atoms. The van der Waals surface area contributed by atoms with E-state index in [4.69, 9.17) is 10.1 Å². The molecule has 0 radical (unpaired) electrons. The Morgan fingerprint density at radius 2 is 2.17 bits per heavy atom. The minimum absolute atomic E-state index is 0.210. The van der Waals surface area contributed by atoms with Crippen LogP contribution in [-0.2, 0) is 4.84 Å². The number of rotatable bonds is 0. The number of fused-ring (bicyclic) bond motifs is 1. The molecule has 1 aliphatic heterocycles. The van der Waals surface area contributed by atoms with Gasteiger partial charge in [0.25, 0.3) is 0 Å². The van der Waals surface area contributed by atoms with Gasteiger partial charge in [-0.25, -0.2) is 0 Å². The average Bonchev–Trinajstić information content (AvgIpc) is 2.33. The van der Waals surface area contributed by atoms with Crippen LogP contribution < -0.4 is 0 Å². The average molecular weight is 164 g/mol. The van der Waals surface area contributed by atoms with E-state index in [1.165, 1.54) is 19.3 Å². The van der Waals surface area contributed by atoms with Crippen LogP contribution in [0.15, 0.2) is 5.16 Å². The third kappa shape index (κ3) is 1.18. The van der Waals surface area contributed by atoms with Gasteiger partial charge in [0, 0.05) is 0 Å². The maximum absolute atomic E-state index is 8.74. The predicted octanol–water partition coefficient (Wildman–Crippen LogP) is 1.85. The molecule has 2 unspecified atom stereocenters. The van der Waals surface area contributed by atoms with Crippen LogP contribution in [0.4, 0.5) is 0 Å². The molecule has 0 N–H and O–H groups in total. The predicted molar refractivity (Wildman–Crippen MR) is 44.5 cm³/mol. The van der Waals surface area contributed by atoms with Crippen molar-refractivity contribution in [2.75, 3.05) is 0 Å². The van der Waals surface area contributed by atoms with E-state index in [0.29, 0.717) is 11.6 Å². The second-order valence-electron chi connectivity index (χ2n) is 3.48. The molecule has 1 fully saturated rings. The third-order valence-electron chi connectivity index (χ3n) is 2.70. The Morgan fingerprint density at radius 3 is 3.00 bits per heavy atom. The highest BCUT2D eigenvalue weighted by Crippen LogP contribution is 2.30. The molecule has 0 saturated heterocycles. The minimum Gasteiger partial charge on any atom is -0.391 e. The summed E-state index contributed by atoms with van der Waals surface area (Å²) in [5.41, 5.74) is 0.613. The summed E-state index contributed by atoms with van der Waals surface area (Å²) in [6.45, 7) is 0. The number of hydrogen-bond donors (Lipinski definition) is 0. The van der Waals surface area contributed by atoms with Gasteiger partial charge in [-0.3, -0.25) is 0 Å². The fourth-order valence-corrected chi connectivity index (χ4v) is 2.01. The second kappa shape index (κ2) is 3.14. The van der Waals surface area contributed by atoms with Crippen LogP contribution in [0, 0.1) is 17.2 Å². The summed E-state index contributed by atoms with van der Waals surface area (Å²) in [5.74, 6) is 0.303. The van der Waals surface area contributed by atoms with Crippen molar-refractivity contribution in [1.82, 2.24) is 0 Å². The first-order valence-electron chi connectivity index (χ1n) is 4.55. The monoisotopic (exact) mass is 164 g/mol. The molecule has 0 amide bonds. The first kappa shape index (κ1) is 7.60. The Morgan fingerprint density at radius 1 is 1.33 bits per heavy atom. The van der Waals surface area contributed by atoms with Gasteiger partial charge in [0.1, 0.15) is 12.2 Å². The molecule has 0 aromatic rings. The molecule has 3 heteroatoms. The zero-order chi connectivity index (χ0) is 8.39. The molecule has 0 aromatic heterocycles. The Kier molecular flexibility index (Phi) is 1.99. The Balaban J connectivity index is 2.11. The van der Waals surface area contributed by atoms with Gasteiger partial charge in [0.2, 0.25) is 0 Å². The second-order valence-corrected chi connectivity index (χ2v) is 3.48. The van der Waals surface area contributed by atoms with Gasteiger partial charge in [-0.1, -0.05) is 18.0 Å². The fourth-order valence-electron chi connectivity index (χ4n) is 2.01. The molecule has 0 bridgehead atoms. The van der Waals surface area contributed by atoms with Crippen LogP contribution in [0.1, 0.15) is 32.1 Å². The lowest BCUT2D eigenvalue weighted by Gasteiger charge is -2.11. The van der Waals surface area contributed by atoms with Crippen LogP contribution in [0.2, 0.25) is 0 Å². The van der Waals surface area contributed by atoms with E-state index < -0.39 is 0 Å². The summed E-state index contributed by atoms with van der Waals surface area (Å²) >= 11 is 0. The van der Waals surface area contributed by atoms with E-state index in [2.05, 4.69) is 11.2 Å². The summed E-state index contributed by atoms with van der Waals surface area (Å²) in [4.78, 5) is 5.21. The molecular weight excluding hydrogens is 152 g/mol. The molecule has 1 heterocycles.